The standard InChI is InChI=1S/C17H16N2/c1-2-3-8-14-13-19(17-11-6-7-12-18-17)16-10-5-4-9-15(14)16/h2,4-7,9-13H,1,3,8H2. The van der Waals surface area contributed by atoms with Gasteiger partial charge in [-0.3, -0.25) is 0 Å². The molecule has 0 saturated carbocycles. The number of nitrogens with zero attached hydrogens (tertiary/aromatic N) is 2. The Balaban J connectivity index is 2.17. The zero-order valence-electron chi connectivity index (χ0n) is 10.8. The van der Waals surface area contributed by atoms with E-state index in [-0.39, 0.29) is 0 Å². The fraction of sp³-hybridized carbons (Fsp3) is 0.118. The molecule has 0 N–H and O–H groups in total. The van der Waals surface area contributed by atoms with Crippen molar-refractivity contribution >= 4 is 10.9 Å². The van der Waals surface area contributed by atoms with E-state index < -0.39 is 0 Å². The predicted molar refractivity (Wildman–Crippen MR) is 79.6 cm³/mol. The Hall–Kier alpha value is -2.35. The van der Waals surface area contributed by atoms with Crippen LogP contribution in [0, 0.1) is 0 Å². The maximum atomic E-state index is 4.44. The van der Waals surface area contributed by atoms with Gasteiger partial charge < -0.3 is 4.57 Å². The van der Waals surface area contributed by atoms with E-state index in [1.807, 2.05) is 30.5 Å². The lowest BCUT2D eigenvalue weighted by molar-refractivity contribution is 0.983. The van der Waals surface area contributed by atoms with Gasteiger partial charge in [-0.25, -0.2) is 4.98 Å². The highest BCUT2D eigenvalue weighted by molar-refractivity contribution is 5.85. The normalized spacial score (nSPS) is 10.7. The molecule has 0 atom stereocenters. The summed E-state index contributed by atoms with van der Waals surface area (Å²) < 4.78 is 2.16. The molecule has 0 aliphatic carbocycles. The molecule has 2 nitrogen and oxygen atoms in total. The van der Waals surface area contributed by atoms with Crippen LogP contribution in [0.4, 0.5) is 0 Å². The third-order valence-corrected chi connectivity index (χ3v) is 3.31. The summed E-state index contributed by atoms with van der Waals surface area (Å²) in [6, 6.07) is 14.5. The molecule has 3 aromatic rings. The van der Waals surface area contributed by atoms with E-state index in [0.717, 1.165) is 18.7 Å². The monoisotopic (exact) mass is 248 g/mol. The van der Waals surface area contributed by atoms with Crippen molar-refractivity contribution < 1.29 is 0 Å². The first-order valence-electron chi connectivity index (χ1n) is 6.51. The summed E-state index contributed by atoms with van der Waals surface area (Å²) in [7, 11) is 0. The summed E-state index contributed by atoms with van der Waals surface area (Å²) in [6.45, 7) is 3.80. The molecule has 2 heterocycles. The topological polar surface area (TPSA) is 17.8 Å². The second kappa shape index (κ2) is 5.11. The van der Waals surface area contributed by atoms with Crippen molar-refractivity contribution in [2.75, 3.05) is 0 Å². The van der Waals surface area contributed by atoms with Crippen LogP contribution in [0.1, 0.15) is 12.0 Å². The summed E-state index contributed by atoms with van der Waals surface area (Å²) in [5.41, 5.74) is 2.56. The second-order valence-corrected chi connectivity index (χ2v) is 4.56. The smallest absolute Gasteiger partial charge is 0.137 e. The first kappa shape index (κ1) is 11.7. The molecule has 19 heavy (non-hydrogen) atoms. The van der Waals surface area contributed by atoms with Crippen LogP contribution in [0.2, 0.25) is 0 Å². The first-order chi connectivity index (χ1) is 9.40. The Morgan fingerprint density at radius 3 is 2.74 bits per heavy atom. The highest BCUT2D eigenvalue weighted by Gasteiger charge is 2.08. The van der Waals surface area contributed by atoms with E-state index in [9.17, 15) is 0 Å². The molecule has 94 valence electrons. The highest BCUT2D eigenvalue weighted by atomic mass is 15.0. The minimum absolute atomic E-state index is 0.962. The molecule has 0 radical (unpaired) electrons. The number of aryl methyl sites for hydroxylation is 1. The quantitative estimate of drug-likeness (QED) is 0.634. The minimum atomic E-state index is 0.962. The molecule has 2 aromatic heterocycles. The van der Waals surface area contributed by atoms with Crippen LogP contribution in [0.5, 0.6) is 0 Å². The molecule has 0 aliphatic heterocycles. The summed E-state index contributed by atoms with van der Waals surface area (Å²) in [4.78, 5) is 4.44. The maximum Gasteiger partial charge on any atom is 0.137 e. The molecule has 3 rings (SSSR count). The number of fused-ring (bicyclic) bond motifs is 1. The molecule has 1 aromatic carbocycles. The van der Waals surface area contributed by atoms with Crippen LogP contribution < -0.4 is 0 Å². The van der Waals surface area contributed by atoms with Crippen LogP contribution in [0.15, 0.2) is 67.5 Å². The van der Waals surface area contributed by atoms with Crippen LogP contribution in [-0.4, -0.2) is 9.55 Å². The fourth-order valence-electron chi connectivity index (χ4n) is 2.39. The number of hydrogen-bond acceptors (Lipinski definition) is 1. The van der Waals surface area contributed by atoms with Gasteiger partial charge in [-0.15, -0.1) is 6.58 Å². The molecular formula is C17H16N2. The summed E-state index contributed by atoms with van der Waals surface area (Å²) in [5.74, 6) is 0.962. The van der Waals surface area contributed by atoms with Gasteiger partial charge in [0.15, 0.2) is 0 Å². The molecule has 0 amide bonds. The second-order valence-electron chi connectivity index (χ2n) is 4.56. The number of allylic oxidation sites excluding steroid dienone is 1. The van der Waals surface area contributed by atoms with Crippen LogP contribution in [-0.2, 0) is 6.42 Å². The molecule has 0 fully saturated rings. The predicted octanol–water partition coefficient (Wildman–Crippen LogP) is 4.14. The lowest BCUT2D eigenvalue weighted by atomic mass is 10.1. The lowest BCUT2D eigenvalue weighted by Crippen LogP contribution is -1.94. The number of hydrogen-bond donors (Lipinski definition) is 0. The summed E-state index contributed by atoms with van der Waals surface area (Å²) in [6.07, 6.45) is 8.00. The Bertz CT molecular complexity index is 696. The lowest BCUT2D eigenvalue weighted by Gasteiger charge is -2.02. The van der Waals surface area contributed by atoms with E-state index in [1.165, 1.54) is 16.5 Å². The van der Waals surface area contributed by atoms with Crippen molar-refractivity contribution in [2.45, 2.75) is 12.8 Å². The van der Waals surface area contributed by atoms with Gasteiger partial charge in [0, 0.05) is 17.8 Å². The number of para-hydroxylation sites is 1. The van der Waals surface area contributed by atoms with Crippen molar-refractivity contribution in [3.05, 3.63) is 73.1 Å². The van der Waals surface area contributed by atoms with Crippen LogP contribution in [0.3, 0.4) is 0 Å². The van der Waals surface area contributed by atoms with Gasteiger partial charge in [0.2, 0.25) is 0 Å². The zero-order chi connectivity index (χ0) is 13.1. The van der Waals surface area contributed by atoms with E-state index in [2.05, 4.69) is 46.6 Å². The van der Waals surface area contributed by atoms with E-state index in [4.69, 9.17) is 0 Å². The summed E-state index contributed by atoms with van der Waals surface area (Å²) >= 11 is 0. The van der Waals surface area contributed by atoms with Crippen LogP contribution >= 0.6 is 0 Å². The Morgan fingerprint density at radius 1 is 1.11 bits per heavy atom. The molecule has 0 spiro atoms. The van der Waals surface area contributed by atoms with Gasteiger partial charge in [-0.2, -0.15) is 0 Å². The number of aromatic nitrogens is 2. The van der Waals surface area contributed by atoms with E-state index in [1.54, 1.807) is 0 Å². The van der Waals surface area contributed by atoms with Crippen molar-refractivity contribution in [2.24, 2.45) is 0 Å². The van der Waals surface area contributed by atoms with Gasteiger partial charge in [-0.05, 0) is 36.6 Å². The van der Waals surface area contributed by atoms with E-state index >= 15 is 0 Å². The van der Waals surface area contributed by atoms with Crippen molar-refractivity contribution in [1.82, 2.24) is 9.55 Å². The van der Waals surface area contributed by atoms with Crippen molar-refractivity contribution in [3.63, 3.8) is 0 Å². The molecule has 0 bridgehead atoms. The SMILES string of the molecule is C=CCCc1cn(-c2ccccn2)c2ccccc12. The van der Waals surface area contributed by atoms with Gasteiger partial charge in [-0.1, -0.05) is 30.3 Å². The Morgan fingerprint density at radius 2 is 1.95 bits per heavy atom. The molecule has 2 heteroatoms. The number of pyridine rings is 1. The largest absolute Gasteiger partial charge is 0.301 e. The summed E-state index contributed by atoms with van der Waals surface area (Å²) in [5, 5.41) is 1.30. The molecule has 0 saturated heterocycles. The molecular weight excluding hydrogens is 232 g/mol. The fourth-order valence-corrected chi connectivity index (χ4v) is 2.39. The number of benzene rings is 1. The zero-order valence-corrected chi connectivity index (χ0v) is 10.8. The third kappa shape index (κ3) is 2.17. The van der Waals surface area contributed by atoms with Gasteiger partial charge in [0.25, 0.3) is 0 Å². The minimum Gasteiger partial charge on any atom is -0.301 e. The van der Waals surface area contributed by atoms with Gasteiger partial charge in [0.05, 0.1) is 5.52 Å². The van der Waals surface area contributed by atoms with Gasteiger partial charge >= 0.3 is 0 Å². The van der Waals surface area contributed by atoms with Crippen molar-refractivity contribution in [3.8, 4) is 5.82 Å². The Kier molecular flexibility index (Phi) is 3.15. The first-order valence-corrected chi connectivity index (χ1v) is 6.51. The average Bonchev–Trinajstić information content (AvgIpc) is 2.85. The van der Waals surface area contributed by atoms with E-state index in [0.29, 0.717) is 0 Å². The molecule has 0 aliphatic rings. The average molecular weight is 248 g/mol. The van der Waals surface area contributed by atoms with Gasteiger partial charge in [0.1, 0.15) is 5.82 Å². The van der Waals surface area contributed by atoms with Crippen LogP contribution in [0.25, 0.3) is 16.7 Å². The highest BCUT2D eigenvalue weighted by Crippen LogP contribution is 2.25. The third-order valence-electron chi connectivity index (χ3n) is 3.31. The number of rotatable bonds is 4. The Labute approximate surface area is 113 Å². The molecule has 0 unspecified atom stereocenters. The maximum absolute atomic E-state index is 4.44. The van der Waals surface area contributed by atoms with Crippen molar-refractivity contribution in [1.29, 1.82) is 0 Å².